The van der Waals surface area contributed by atoms with Gasteiger partial charge in [0.25, 0.3) is 0 Å². The second kappa shape index (κ2) is 54.2. The molecule has 0 aliphatic rings. The number of carbonyl (C=O) groups excluding carboxylic acids is 3. The van der Waals surface area contributed by atoms with E-state index in [9.17, 15) is 14.4 Å². The highest BCUT2D eigenvalue weighted by molar-refractivity contribution is 5.71. The van der Waals surface area contributed by atoms with Crippen LogP contribution in [0.15, 0.2) is 134 Å². The number of allylic oxidation sites excluding steroid dienone is 22. The Morgan fingerprint density at radius 1 is 0.313 bits per heavy atom. The van der Waals surface area contributed by atoms with Crippen molar-refractivity contribution in [3.05, 3.63) is 134 Å². The summed E-state index contributed by atoms with van der Waals surface area (Å²) in [6, 6.07) is 0. The summed E-state index contributed by atoms with van der Waals surface area (Å²) in [7, 11) is 0. The van der Waals surface area contributed by atoms with Crippen LogP contribution in [0.5, 0.6) is 0 Å². The molecule has 0 fully saturated rings. The molecule has 376 valence electrons. The first-order valence-corrected chi connectivity index (χ1v) is 26.7. The largest absolute Gasteiger partial charge is 0.462 e. The maximum atomic E-state index is 12.8. The first kappa shape index (κ1) is 62.5. The van der Waals surface area contributed by atoms with Gasteiger partial charge in [-0.15, -0.1) is 0 Å². The van der Waals surface area contributed by atoms with Crippen molar-refractivity contribution in [1.29, 1.82) is 0 Å². The molecule has 0 amide bonds. The Balaban J connectivity index is 4.55. The molecule has 0 aliphatic heterocycles. The van der Waals surface area contributed by atoms with Crippen molar-refractivity contribution in [1.82, 2.24) is 0 Å². The average molecular weight is 925 g/mol. The summed E-state index contributed by atoms with van der Waals surface area (Å²) in [5.41, 5.74) is 0. The van der Waals surface area contributed by atoms with Crippen molar-refractivity contribution in [3.63, 3.8) is 0 Å². The zero-order chi connectivity index (χ0) is 48.6. The highest BCUT2D eigenvalue weighted by Crippen LogP contribution is 2.13. The lowest BCUT2D eigenvalue weighted by molar-refractivity contribution is -0.167. The summed E-state index contributed by atoms with van der Waals surface area (Å²) in [5.74, 6) is -1.03. The smallest absolute Gasteiger partial charge is 0.306 e. The minimum absolute atomic E-state index is 0.118. The molecular formula is C61H96O6. The standard InChI is InChI=1S/C61H96O6/c1-4-7-10-13-16-19-22-24-26-28-29-30-31-33-34-36-39-42-45-48-51-54-60(63)66-57-58(56-65-59(62)53-50-47-44-41-38-21-18-15-12-9-6-3)67-61(64)55-52-49-46-43-40-37-35-32-27-25-23-20-17-14-11-8-5-2/h7-8,10-11,16-17,19-20,24-27,29-30,33-35,37,39,42-43,46,58H,4-6,9,12-15,18,21-23,28,31-32,36,38,40-41,44-45,47-57H2,1-3H3/b10-7-,11-8-,19-16-,20-17-,26-24-,27-25-,30-29-,34-33-,37-35-,42-39-,46-43-. The molecule has 6 heteroatoms. The molecule has 0 heterocycles. The quantitative estimate of drug-likeness (QED) is 0.0262. The Morgan fingerprint density at radius 2 is 0.597 bits per heavy atom. The average Bonchev–Trinajstić information content (AvgIpc) is 3.33. The Hall–Kier alpha value is -4.45. The molecule has 0 aliphatic carbocycles. The van der Waals surface area contributed by atoms with Crippen molar-refractivity contribution in [2.24, 2.45) is 0 Å². The van der Waals surface area contributed by atoms with Gasteiger partial charge in [-0.3, -0.25) is 14.4 Å². The molecule has 0 N–H and O–H groups in total. The molecule has 1 unspecified atom stereocenters. The fourth-order valence-corrected chi connectivity index (χ4v) is 6.71. The first-order chi connectivity index (χ1) is 33.0. The number of hydrogen-bond acceptors (Lipinski definition) is 6. The summed E-state index contributed by atoms with van der Waals surface area (Å²) < 4.78 is 16.7. The maximum absolute atomic E-state index is 12.8. The van der Waals surface area contributed by atoms with E-state index in [1.165, 1.54) is 51.4 Å². The highest BCUT2D eigenvalue weighted by Gasteiger charge is 2.19. The van der Waals surface area contributed by atoms with Crippen LogP contribution >= 0.6 is 0 Å². The van der Waals surface area contributed by atoms with Gasteiger partial charge in [-0.1, -0.05) is 219 Å². The predicted molar refractivity (Wildman–Crippen MR) is 288 cm³/mol. The minimum atomic E-state index is -0.828. The number of ether oxygens (including phenoxy) is 3. The molecule has 0 saturated carbocycles. The Morgan fingerprint density at radius 3 is 0.955 bits per heavy atom. The third-order valence-electron chi connectivity index (χ3n) is 10.7. The van der Waals surface area contributed by atoms with E-state index in [4.69, 9.17) is 14.2 Å². The van der Waals surface area contributed by atoms with E-state index in [-0.39, 0.29) is 44.0 Å². The van der Waals surface area contributed by atoms with Crippen molar-refractivity contribution < 1.29 is 28.6 Å². The van der Waals surface area contributed by atoms with Gasteiger partial charge in [0, 0.05) is 19.3 Å². The molecular weight excluding hydrogens is 829 g/mol. The fraction of sp³-hybridized carbons (Fsp3) is 0.590. The molecule has 0 bridgehead atoms. The van der Waals surface area contributed by atoms with Gasteiger partial charge in [0.05, 0.1) is 0 Å². The second-order valence-electron chi connectivity index (χ2n) is 17.0. The summed E-state index contributed by atoms with van der Waals surface area (Å²) in [5, 5.41) is 0. The molecule has 0 spiro atoms. The zero-order valence-electron chi connectivity index (χ0n) is 42.9. The van der Waals surface area contributed by atoms with Crippen molar-refractivity contribution >= 4 is 17.9 Å². The van der Waals surface area contributed by atoms with Crippen molar-refractivity contribution in [2.75, 3.05) is 13.2 Å². The maximum Gasteiger partial charge on any atom is 0.306 e. The van der Waals surface area contributed by atoms with Gasteiger partial charge >= 0.3 is 17.9 Å². The van der Waals surface area contributed by atoms with E-state index in [0.29, 0.717) is 19.3 Å². The minimum Gasteiger partial charge on any atom is -0.462 e. The first-order valence-electron chi connectivity index (χ1n) is 26.7. The van der Waals surface area contributed by atoms with Gasteiger partial charge < -0.3 is 14.2 Å². The highest BCUT2D eigenvalue weighted by atomic mass is 16.6. The van der Waals surface area contributed by atoms with Gasteiger partial charge in [-0.05, 0) is 109 Å². The van der Waals surface area contributed by atoms with Crippen LogP contribution in [0, 0.1) is 0 Å². The summed E-state index contributed by atoms with van der Waals surface area (Å²) in [6.45, 7) is 6.30. The third kappa shape index (κ3) is 52.4. The molecule has 0 rings (SSSR count). The molecule has 0 aromatic carbocycles. The molecule has 6 nitrogen and oxygen atoms in total. The van der Waals surface area contributed by atoms with Crippen LogP contribution in [0.1, 0.15) is 213 Å². The Kier molecular flexibility index (Phi) is 50.6. The summed E-state index contributed by atoms with van der Waals surface area (Å²) >= 11 is 0. The lowest BCUT2D eigenvalue weighted by Gasteiger charge is -2.18. The molecule has 0 aromatic rings. The van der Waals surface area contributed by atoms with E-state index >= 15 is 0 Å². The molecule has 0 saturated heterocycles. The number of rotatable bonds is 46. The summed E-state index contributed by atoms with van der Waals surface area (Å²) in [6.07, 6.45) is 75.9. The number of hydrogen-bond donors (Lipinski definition) is 0. The molecule has 67 heavy (non-hydrogen) atoms. The van der Waals surface area contributed by atoms with Crippen LogP contribution in [-0.4, -0.2) is 37.2 Å². The molecule has 1 atom stereocenters. The van der Waals surface area contributed by atoms with Gasteiger partial charge in [0.2, 0.25) is 0 Å². The molecule has 0 radical (unpaired) electrons. The van der Waals surface area contributed by atoms with Crippen LogP contribution in [-0.2, 0) is 28.6 Å². The van der Waals surface area contributed by atoms with E-state index in [1.54, 1.807) is 0 Å². The van der Waals surface area contributed by atoms with Crippen molar-refractivity contribution in [3.8, 4) is 0 Å². The van der Waals surface area contributed by atoms with Crippen LogP contribution in [0.4, 0.5) is 0 Å². The number of unbranched alkanes of at least 4 members (excludes halogenated alkanes) is 13. The van der Waals surface area contributed by atoms with Gasteiger partial charge in [0.1, 0.15) is 13.2 Å². The van der Waals surface area contributed by atoms with E-state index in [0.717, 1.165) is 109 Å². The van der Waals surface area contributed by atoms with Crippen molar-refractivity contribution in [2.45, 2.75) is 219 Å². The Bertz CT molecular complexity index is 1480. The van der Waals surface area contributed by atoms with Crippen LogP contribution in [0.2, 0.25) is 0 Å². The van der Waals surface area contributed by atoms with E-state index in [1.807, 2.05) is 0 Å². The van der Waals surface area contributed by atoms with Crippen LogP contribution in [0.25, 0.3) is 0 Å². The van der Waals surface area contributed by atoms with E-state index < -0.39 is 6.10 Å². The number of esters is 3. The lowest BCUT2D eigenvalue weighted by Crippen LogP contribution is -2.30. The fourth-order valence-electron chi connectivity index (χ4n) is 6.71. The summed E-state index contributed by atoms with van der Waals surface area (Å²) in [4.78, 5) is 38.0. The monoisotopic (exact) mass is 925 g/mol. The van der Waals surface area contributed by atoms with Crippen LogP contribution < -0.4 is 0 Å². The van der Waals surface area contributed by atoms with Gasteiger partial charge in [0.15, 0.2) is 6.10 Å². The lowest BCUT2D eigenvalue weighted by atomic mass is 10.1. The van der Waals surface area contributed by atoms with Gasteiger partial charge in [-0.2, -0.15) is 0 Å². The van der Waals surface area contributed by atoms with Gasteiger partial charge in [-0.25, -0.2) is 0 Å². The molecule has 0 aromatic heterocycles. The third-order valence-corrected chi connectivity index (χ3v) is 10.7. The Labute approximate surface area is 411 Å². The second-order valence-corrected chi connectivity index (χ2v) is 17.0. The normalized spacial score (nSPS) is 13.2. The zero-order valence-corrected chi connectivity index (χ0v) is 42.9. The predicted octanol–water partition coefficient (Wildman–Crippen LogP) is 17.9. The van der Waals surface area contributed by atoms with Crippen LogP contribution in [0.3, 0.4) is 0 Å². The topological polar surface area (TPSA) is 78.9 Å². The SMILES string of the molecule is CC/C=C\C/C=C\C/C=C\C/C=C\C/C=C\C/C=C\CCCCC(=O)OCC(COC(=O)CCCCCCCCCCCCC)OC(=O)CCC/C=C\C/C=C\C/C=C\C/C=C\C/C=C\CC. The van der Waals surface area contributed by atoms with E-state index in [2.05, 4.69) is 154 Å². The number of carbonyl (C=O) groups is 3.